The molecule has 0 aliphatic carbocycles. The molecule has 0 saturated carbocycles. The average Bonchev–Trinajstić information content (AvgIpc) is 2.83. The van der Waals surface area contributed by atoms with Crippen molar-refractivity contribution in [3.05, 3.63) is 41.7 Å². The molecule has 1 N–H and O–H groups in total. The molecule has 122 valence electrons. The topological polar surface area (TPSA) is 47.3 Å². The first-order valence-electron chi connectivity index (χ1n) is 8.08. The van der Waals surface area contributed by atoms with Gasteiger partial charge < -0.3 is 14.4 Å². The van der Waals surface area contributed by atoms with Gasteiger partial charge in [-0.15, -0.1) is 0 Å². The van der Waals surface area contributed by atoms with Gasteiger partial charge in [0.05, 0.1) is 23.2 Å². The Morgan fingerprint density at radius 1 is 1.26 bits per heavy atom. The van der Waals surface area contributed by atoms with Crippen LogP contribution in [0.1, 0.15) is 32.2 Å². The van der Waals surface area contributed by atoms with Crippen molar-refractivity contribution in [3.63, 3.8) is 0 Å². The molecule has 3 aromatic rings. The molecule has 0 saturated heterocycles. The minimum Gasteiger partial charge on any atom is -0.389 e. The maximum atomic E-state index is 10.4. The van der Waals surface area contributed by atoms with Crippen LogP contribution < -0.4 is 0 Å². The second-order valence-corrected chi connectivity index (χ2v) is 6.68. The molecule has 0 fully saturated rings. The molecule has 0 spiro atoms. The first-order valence-corrected chi connectivity index (χ1v) is 8.08. The first kappa shape index (κ1) is 16.0. The Morgan fingerprint density at radius 2 is 2.00 bits per heavy atom. The summed E-state index contributed by atoms with van der Waals surface area (Å²) in [5.41, 5.74) is 2.39. The molecule has 23 heavy (non-hydrogen) atoms. The third kappa shape index (κ3) is 3.09. The number of hydrogen-bond acceptors (Lipinski definition) is 3. The predicted octanol–water partition coefficient (Wildman–Crippen LogP) is 3.81. The number of imidazole rings is 1. The largest absolute Gasteiger partial charge is 0.389 e. The molecule has 0 atom stereocenters. The Labute approximate surface area is 136 Å². The number of aliphatic hydroxyl groups is 1. The van der Waals surface area contributed by atoms with Crippen LogP contribution in [0, 0.1) is 6.92 Å². The quantitative estimate of drug-likeness (QED) is 0.779. The molecule has 4 nitrogen and oxygen atoms in total. The third-order valence-corrected chi connectivity index (χ3v) is 3.99. The molecular weight excluding hydrogens is 288 g/mol. The van der Waals surface area contributed by atoms with Crippen molar-refractivity contribution in [2.75, 3.05) is 6.61 Å². The lowest BCUT2D eigenvalue weighted by atomic mass is 10.0. The van der Waals surface area contributed by atoms with Crippen molar-refractivity contribution < 1.29 is 9.84 Å². The Hall–Kier alpha value is -1.91. The number of ether oxygens (including phenoxy) is 1. The van der Waals surface area contributed by atoms with Crippen LogP contribution in [0.4, 0.5) is 0 Å². The van der Waals surface area contributed by atoms with Crippen LogP contribution in [0.3, 0.4) is 0 Å². The summed E-state index contributed by atoms with van der Waals surface area (Å²) in [6.07, 6.45) is 0. The van der Waals surface area contributed by atoms with Gasteiger partial charge in [0.15, 0.2) is 0 Å². The van der Waals surface area contributed by atoms with Crippen LogP contribution in [0.5, 0.6) is 0 Å². The van der Waals surface area contributed by atoms with E-state index in [0.29, 0.717) is 19.8 Å². The fraction of sp³-hybridized carbons (Fsp3) is 0.421. The minimum absolute atomic E-state index is 0.453. The molecule has 0 bridgehead atoms. The van der Waals surface area contributed by atoms with E-state index in [1.165, 1.54) is 5.39 Å². The van der Waals surface area contributed by atoms with Gasteiger partial charge in [0.1, 0.15) is 12.4 Å². The normalized spacial score (nSPS) is 12.4. The van der Waals surface area contributed by atoms with E-state index in [1.54, 1.807) is 0 Å². The molecule has 1 heterocycles. The lowest BCUT2D eigenvalue weighted by Gasteiger charge is -2.20. The molecule has 0 amide bonds. The fourth-order valence-electron chi connectivity index (χ4n) is 3.05. The monoisotopic (exact) mass is 312 g/mol. The number of hydrogen-bond donors (Lipinski definition) is 1. The van der Waals surface area contributed by atoms with Crippen molar-refractivity contribution >= 4 is 21.8 Å². The summed E-state index contributed by atoms with van der Waals surface area (Å²) in [4.78, 5) is 4.81. The molecule has 4 heteroatoms. The van der Waals surface area contributed by atoms with E-state index < -0.39 is 5.60 Å². The first-order chi connectivity index (χ1) is 10.9. The summed E-state index contributed by atoms with van der Waals surface area (Å²) in [5.74, 6) is 0.864. The second-order valence-electron chi connectivity index (χ2n) is 6.68. The zero-order valence-corrected chi connectivity index (χ0v) is 14.3. The molecule has 3 rings (SSSR count). The lowest BCUT2D eigenvalue weighted by molar-refractivity contribution is 0.0582. The summed E-state index contributed by atoms with van der Waals surface area (Å²) in [6.45, 7) is 9.28. The number of nitrogens with zero attached hydrogens (tertiary/aromatic N) is 2. The summed E-state index contributed by atoms with van der Waals surface area (Å²) in [5, 5.41) is 12.7. The van der Waals surface area contributed by atoms with E-state index in [0.717, 1.165) is 27.8 Å². The Kier molecular flexibility index (Phi) is 4.13. The number of rotatable bonds is 5. The van der Waals surface area contributed by atoms with Gasteiger partial charge in [-0.05, 0) is 44.7 Å². The van der Waals surface area contributed by atoms with Crippen molar-refractivity contribution in [2.45, 2.75) is 46.4 Å². The number of fused-ring (bicyclic) bond motifs is 3. The van der Waals surface area contributed by atoms with Crippen LogP contribution in [-0.4, -0.2) is 26.9 Å². The summed E-state index contributed by atoms with van der Waals surface area (Å²) in [7, 11) is 0. The van der Waals surface area contributed by atoms with Crippen LogP contribution in [0.25, 0.3) is 21.8 Å². The van der Waals surface area contributed by atoms with E-state index >= 15 is 0 Å². The maximum absolute atomic E-state index is 10.4. The van der Waals surface area contributed by atoms with Gasteiger partial charge in [-0.2, -0.15) is 0 Å². The number of aromatic nitrogens is 2. The van der Waals surface area contributed by atoms with Crippen LogP contribution in [-0.2, 0) is 17.9 Å². The highest BCUT2D eigenvalue weighted by molar-refractivity contribution is 6.06. The third-order valence-electron chi connectivity index (χ3n) is 3.99. The van der Waals surface area contributed by atoms with Gasteiger partial charge in [0, 0.05) is 12.0 Å². The summed E-state index contributed by atoms with van der Waals surface area (Å²) < 4.78 is 7.70. The highest BCUT2D eigenvalue weighted by atomic mass is 16.5. The van der Waals surface area contributed by atoms with Crippen LogP contribution >= 0.6 is 0 Å². The smallest absolute Gasteiger partial charge is 0.136 e. The highest BCUT2D eigenvalue weighted by Crippen LogP contribution is 2.30. The van der Waals surface area contributed by atoms with E-state index in [-0.39, 0.29) is 0 Å². The molecule has 2 aromatic carbocycles. The molecule has 0 aliphatic rings. The van der Waals surface area contributed by atoms with Gasteiger partial charge in [-0.25, -0.2) is 4.98 Å². The SMILES string of the molecule is CCOCc1nc2c(C)cc3ccccc3c2n1CC(C)(C)O. The zero-order valence-electron chi connectivity index (χ0n) is 14.3. The summed E-state index contributed by atoms with van der Waals surface area (Å²) >= 11 is 0. The minimum atomic E-state index is -0.820. The molecule has 1 aromatic heterocycles. The molecule has 0 unspecified atom stereocenters. The fourth-order valence-corrected chi connectivity index (χ4v) is 3.05. The van der Waals surface area contributed by atoms with E-state index in [4.69, 9.17) is 9.72 Å². The van der Waals surface area contributed by atoms with E-state index in [9.17, 15) is 5.11 Å². The lowest BCUT2D eigenvalue weighted by Crippen LogP contribution is -2.27. The Bertz CT molecular complexity index is 844. The van der Waals surface area contributed by atoms with Crippen LogP contribution in [0.15, 0.2) is 30.3 Å². The second kappa shape index (κ2) is 5.95. The maximum Gasteiger partial charge on any atom is 0.136 e. The molecule has 0 radical (unpaired) electrons. The number of aryl methyl sites for hydroxylation is 1. The van der Waals surface area contributed by atoms with Gasteiger partial charge in [-0.1, -0.05) is 24.3 Å². The van der Waals surface area contributed by atoms with Crippen molar-refractivity contribution in [3.8, 4) is 0 Å². The number of benzene rings is 2. The average molecular weight is 312 g/mol. The van der Waals surface area contributed by atoms with Crippen molar-refractivity contribution in [1.82, 2.24) is 9.55 Å². The summed E-state index contributed by atoms with van der Waals surface area (Å²) in [6, 6.07) is 10.5. The standard InChI is InChI=1S/C19H24N2O2/c1-5-23-11-16-20-17-13(2)10-14-8-6-7-9-15(14)18(17)21(16)12-19(3,4)22/h6-10,22H,5,11-12H2,1-4H3. The molecule has 0 aliphatic heterocycles. The van der Waals surface area contributed by atoms with Gasteiger partial charge >= 0.3 is 0 Å². The zero-order chi connectivity index (χ0) is 16.6. The Morgan fingerprint density at radius 3 is 2.70 bits per heavy atom. The van der Waals surface area contributed by atoms with Gasteiger partial charge in [-0.3, -0.25) is 0 Å². The van der Waals surface area contributed by atoms with E-state index in [2.05, 4.69) is 29.7 Å². The van der Waals surface area contributed by atoms with Crippen LogP contribution in [0.2, 0.25) is 0 Å². The Balaban J connectivity index is 2.32. The van der Waals surface area contributed by atoms with Gasteiger partial charge in [0.25, 0.3) is 0 Å². The van der Waals surface area contributed by atoms with E-state index in [1.807, 2.05) is 32.9 Å². The van der Waals surface area contributed by atoms with Crippen molar-refractivity contribution in [1.29, 1.82) is 0 Å². The predicted molar refractivity (Wildman–Crippen MR) is 93.6 cm³/mol. The molecular formula is C19H24N2O2. The van der Waals surface area contributed by atoms with Gasteiger partial charge in [0.2, 0.25) is 0 Å². The van der Waals surface area contributed by atoms with Crippen molar-refractivity contribution in [2.24, 2.45) is 0 Å². The highest BCUT2D eigenvalue weighted by Gasteiger charge is 2.21.